The minimum atomic E-state index is -0.288. The number of nitrogens with one attached hydrogen (secondary N) is 1. The largest absolute Gasteiger partial charge is 0.352 e. The molecule has 1 fully saturated rings. The lowest BCUT2D eigenvalue weighted by Gasteiger charge is -2.07. The van der Waals surface area contributed by atoms with Gasteiger partial charge in [-0.05, 0) is 31.0 Å². The minimum absolute atomic E-state index is 0.0521. The van der Waals surface area contributed by atoms with Crippen LogP contribution in [0.4, 0.5) is 0 Å². The Hall–Kier alpha value is -2.50. The fraction of sp³-hybridized carbons (Fsp3) is 0.286. The summed E-state index contributed by atoms with van der Waals surface area (Å²) in [5, 5.41) is 7.05. The molecule has 0 bridgehead atoms. The van der Waals surface area contributed by atoms with Gasteiger partial charge in [-0.25, -0.2) is 4.68 Å². The molecule has 0 saturated heterocycles. The molecular weight excluding hydrogens is 256 g/mol. The van der Waals surface area contributed by atoms with E-state index in [1.165, 1.54) is 10.7 Å². The number of nitrogens with zero attached hydrogens (tertiary/aromatic N) is 3. The van der Waals surface area contributed by atoms with E-state index in [-0.39, 0.29) is 24.1 Å². The summed E-state index contributed by atoms with van der Waals surface area (Å²) in [5.74, 6) is -0.176. The van der Waals surface area contributed by atoms with Crippen LogP contribution >= 0.6 is 0 Å². The van der Waals surface area contributed by atoms with Crippen LogP contribution in [0.2, 0.25) is 0 Å². The first-order chi connectivity index (χ1) is 9.72. The number of rotatable bonds is 4. The van der Waals surface area contributed by atoms with E-state index in [2.05, 4.69) is 15.4 Å². The van der Waals surface area contributed by atoms with Gasteiger partial charge in [-0.2, -0.15) is 5.10 Å². The fourth-order valence-corrected chi connectivity index (χ4v) is 1.87. The van der Waals surface area contributed by atoms with Crippen molar-refractivity contribution in [2.45, 2.75) is 25.4 Å². The van der Waals surface area contributed by atoms with E-state index in [4.69, 9.17) is 0 Å². The normalized spacial score (nSPS) is 14.0. The highest BCUT2D eigenvalue weighted by Gasteiger charge is 2.23. The average Bonchev–Trinajstić information content (AvgIpc) is 3.26. The highest BCUT2D eigenvalue weighted by Crippen LogP contribution is 2.18. The van der Waals surface area contributed by atoms with Crippen LogP contribution in [0.1, 0.15) is 12.8 Å². The second-order valence-electron chi connectivity index (χ2n) is 4.80. The summed E-state index contributed by atoms with van der Waals surface area (Å²) in [5.41, 5.74) is 1.14. The van der Waals surface area contributed by atoms with Crippen molar-refractivity contribution in [2.24, 2.45) is 0 Å². The number of aromatic nitrogens is 3. The summed E-state index contributed by atoms with van der Waals surface area (Å²) in [4.78, 5) is 27.5. The maximum atomic E-state index is 11.7. The number of carbonyl (C=O) groups is 1. The maximum absolute atomic E-state index is 11.7. The van der Waals surface area contributed by atoms with Crippen LogP contribution in [-0.2, 0) is 11.3 Å². The Morgan fingerprint density at radius 1 is 1.35 bits per heavy atom. The first kappa shape index (κ1) is 12.5. The lowest BCUT2D eigenvalue weighted by Crippen LogP contribution is -2.34. The molecule has 0 spiro atoms. The van der Waals surface area contributed by atoms with Gasteiger partial charge in [0, 0.05) is 30.1 Å². The number of pyridine rings is 1. The Bertz CT molecular complexity index is 677. The zero-order valence-electron chi connectivity index (χ0n) is 10.8. The third kappa shape index (κ3) is 2.90. The van der Waals surface area contributed by atoms with Crippen molar-refractivity contribution in [2.75, 3.05) is 0 Å². The molecule has 1 aliphatic rings. The van der Waals surface area contributed by atoms with Gasteiger partial charge in [0.2, 0.25) is 5.91 Å². The van der Waals surface area contributed by atoms with Crippen LogP contribution in [-0.4, -0.2) is 26.7 Å². The molecule has 3 rings (SSSR count). The van der Waals surface area contributed by atoms with Gasteiger partial charge in [0.05, 0.1) is 5.69 Å². The smallest absolute Gasteiger partial charge is 0.267 e. The Kier molecular flexibility index (Phi) is 3.28. The minimum Gasteiger partial charge on any atom is -0.352 e. The summed E-state index contributed by atoms with van der Waals surface area (Å²) in [6.07, 6.45) is 5.37. The molecule has 6 nitrogen and oxygen atoms in total. The number of hydrogen-bond donors (Lipinski definition) is 1. The molecule has 0 aliphatic heterocycles. The maximum Gasteiger partial charge on any atom is 0.267 e. The van der Waals surface area contributed by atoms with Crippen molar-refractivity contribution in [3.8, 4) is 11.3 Å². The number of hydrogen-bond acceptors (Lipinski definition) is 4. The first-order valence-electron chi connectivity index (χ1n) is 6.50. The molecule has 6 heteroatoms. The van der Waals surface area contributed by atoms with E-state index in [0.717, 1.165) is 18.4 Å². The van der Waals surface area contributed by atoms with Crippen LogP contribution in [0.25, 0.3) is 11.3 Å². The summed E-state index contributed by atoms with van der Waals surface area (Å²) >= 11 is 0. The highest BCUT2D eigenvalue weighted by atomic mass is 16.2. The molecule has 0 atom stereocenters. The van der Waals surface area contributed by atoms with Gasteiger partial charge in [-0.15, -0.1) is 0 Å². The van der Waals surface area contributed by atoms with E-state index in [1.54, 1.807) is 24.5 Å². The van der Waals surface area contributed by atoms with E-state index in [1.807, 2.05) is 6.07 Å². The lowest BCUT2D eigenvalue weighted by atomic mass is 10.2. The number of carbonyl (C=O) groups excluding carboxylic acids is 1. The van der Waals surface area contributed by atoms with Crippen LogP contribution in [0.3, 0.4) is 0 Å². The lowest BCUT2D eigenvalue weighted by molar-refractivity contribution is -0.122. The molecule has 102 valence electrons. The average molecular weight is 270 g/mol. The van der Waals surface area contributed by atoms with Crippen LogP contribution < -0.4 is 10.9 Å². The van der Waals surface area contributed by atoms with Crippen molar-refractivity contribution < 1.29 is 4.79 Å². The molecule has 20 heavy (non-hydrogen) atoms. The van der Waals surface area contributed by atoms with Gasteiger partial charge >= 0.3 is 0 Å². The van der Waals surface area contributed by atoms with Crippen LogP contribution in [0, 0.1) is 0 Å². The molecule has 2 aromatic rings. The zero-order valence-corrected chi connectivity index (χ0v) is 10.8. The summed E-state index contributed by atoms with van der Waals surface area (Å²) < 4.78 is 1.18. The molecule has 1 N–H and O–H groups in total. The number of amides is 1. The van der Waals surface area contributed by atoms with Crippen molar-refractivity contribution in [1.29, 1.82) is 0 Å². The quantitative estimate of drug-likeness (QED) is 0.881. The van der Waals surface area contributed by atoms with Gasteiger partial charge in [-0.3, -0.25) is 14.6 Å². The summed E-state index contributed by atoms with van der Waals surface area (Å²) in [7, 11) is 0. The molecule has 2 aromatic heterocycles. The summed E-state index contributed by atoms with van der Waals surface area (Å²) in [6, 6.07) is 6.98. The van der Waals surface area contributed by atoms with Gasteiger partial charge in [0.1, 0.15) is 6.54 Å². The topological polar surface area (TPSA) is 76.9 Å². The predicted octanol–water partition coefficient (Wildman–Crippen LogP) is 0.584. The van der Waals surface area contributed by atoms with E-state index >= 15 is 0 Å². The van der Waals surface area contributed by atoms with Gasteiger partial charge in [0.15, 0.2) is 0 Å². The first-order valence-corrected chi connectivity index (χ1v) is 6.50. The van der Waals surface area contributed by atoms with Crippen molar-refractivity contribution >= 4 is 5.91 Å². The Balaban J connectivity index is 1.83. The molecule has 1 saturated carbocycles. The van der Waals surface area contributed by atoms with Gasteiger partial charge in [0.25, 0.3) is 5.56 Å². The van der Waals surface area contributed by atoms with Crippen molar-refractivity contribution in [1.82, 2.24) is 20.1 Å². The second-order valence-corrected chi connectivity index (χ2v) is 4.80. The Morgan fingerprint density at radius 2 is 2.20 bits per heavy atom. The van der Waals surface area contributed by atoms with E-state index in [9.17, 15) is 9.59 Å². The highest BCUT2D eigenvalue weighted by molar-refractivity contribution is 5.76. The monoisotopic (exact) mass is 270 g/mol. The standard InChI is InChI=1S/C14H14N4O2/c19-13(16-11-3-4-11)9-18-14(20)6-5-12(17-18)10-2-1-7-15-8-10/h1-2,5-8,11H,3-4,9H2,(H,16,19). The van der Waals surface area contributed by atoms with Gasteiger partial charge in [-0.1, -0.05) is 0 Å². The van der Waals surface area contributed by atoms with Crippen molar-refractivity contribution in [3.63, 3.8) is 0 Å². The van der Waals surface area contributed by atoms with E-state index in [0.29, 0.717) is 5.69 Å². The third-order valence-electron chi connectivity index (χ3n) is 3.06. The predicted molar refractivity (Wildman–Crippen MR) is 72.9 cm³/mol. The Labute approximate surface area is 115 Å². The van der Waals surface area contributed by atoms with E-state index < -0.39 is 0 Å². The molecule has 1 aliphatic carbocycles. The van der Waals surface area contributed by atoms with Crippen LogP contribution in [0.5, 0.6) is 0 Å². The van der Waals surface area contributed by atoms with Crippen molar-refractivity contribution in [3.05, 3.63) is 47.0 Å². The third-order valence-corrected chi connectivity index (χ3v) is 3.06. The SMILES string of the molecule is O=C(Cn1nc(-c2cccnc2)ccc1=O)NC1CC1. The molecule has 1 amide bonds. The van der Waals surface area contributed by atoms with Gasteiger partial charge < -0.3 is 5.32 Å². The fourth-order valence-electron chi connectivity index (χ4n) is 1.87. The zero-order chi connectivity index (χ0) is 13.9. The Morgan fingerprint density at radius 3 is 2.90 bits per heavy atom. The molecule has 0 radical (unpaired) electrons. The second kappa shape index (κ2) is 5.24. The molecule has 2 heterocycles. The molecular formula is C14H14N4O2. The molecule has 0 aromatic carbocycles. The molecule has 0 unspecified atom stereocenters. The van der Waals surface area contributed by atoms with Crippen LogP contribution in [0.15, 0.2) is 41.5 Å². The summed E-state index contributed by atoms with van der Waals surface area (Å²) in [6.45, 7) is -0.0521.